The summed E-state index contributed by atoms with van der Waals surface area (Å²) in [5.74, 6) is 1.71. The van der Waals surface area contributed by atoms with Crippen LogP contribution in [-0.4, -0.2) is 48.1 Å². The number of fused-ring (bicyclic) bond motifs is 6. The van der Waals surface area contributed by atoms with E-state index in [1.165, 1.54) is 28.8 Å². The number of imidazole rings is 1. The Labute approximate surface area is 283 Å². The molecule has 0 amide bonds. The van der Waals surface area contributed by atoms with E-state index in [1.807, 2.05) is 18.5 Å². The molecule has 2 aromatic heterocycles. The van der Waals surface area contributed by atoms with Gasteiger partial charge in [-0.1, -0.05) is 6.07 Å². The summed E-state index contributed by atoms with van der Waals surface area (Å²) in [5.41, 5.74) is 8.30. The molecule has 4 heterocycles. The van der Waals surface area contributed by atoms with Gasteiger partial charge in [-0.05, 0) is 78.4 Å². The van der Waals surface area contributed by atoms with Gasteiger partial charge in [-0.15, -0.1) is 0 Å². The first-order valence-electron chi connectivity index (χ1n) is 16.5. The monoisotopic (exact) mass is 663 g/mol. The predicted octanol–water partition coefficient (Wildman–Crippen LogP) is 6.91. The summed E-state index contributed by atoms with van der Waals surface area (Å²) in [6, 6.07) is 18.3. The maximum absolute atomic E-state index is 14.8. The molecule has 6 aromatic rings. The second kappa shape index (κ2) is 12.7. The topological polar surface area (TPSA) is 61.9 Å². The molecule has 8 nitrogen and oxygen atoms in total. The van der Waals surface area contributed by atoms with Gasteiger partial charge in [-0.25, -0.2) is 13.8 Å². The van der Waals surface area contributed by atoms with Crippen LogP contribution in [0.15, 0.2) is 73.2 Å². The fourth-order valence-corrected chi connectivity index (χ4v) is 6.88. The molecule has 2 aliphatic rings. The first-order valence-corrected chi connectivity index (χ1v) is 16.5. The van der Waals surface area contributed by atoms with E-state index in [1.54, 1.807) is 7.11 Å². The number of ether oxygens (including phenoxy) is 4. The van der Waals surface area contributed by atoms with Crippen molar-refractivity contribution >= 4 is 21.8 Å². The number of halogens is 2. The lowest BCUT2D eigenvalue weighted by atomic mass is 9.95. The van der Waals surface area contributed by atoms with E-state index in [4.69, 9.17) is 18.9 Å². The highest BCUT2D eigenvalue weighted by Gasteiger charge is 2.29. The molecule has 2 aliphatic heterocycles. The van der Waals surface area contributed by atoms with Crippen molar-refractivity contribution in [3.8, 4) is 34.3 Å². The highest BCUT2D eigenvalue weighted by molar-refractivity contribution is 5.91. The zero-order chi connectivity index (χ0) is 33.6. The maximum Gasteiger partial charge on any atom is 0.231 e. The fraction of sp³-hybridized carbons (Fsp3) is 0.282. The quantitative estimate of drug-likeness (QED) is 0.149. The minimum atomic E-state index is -0.593. The minimum absolute atomic E-state index is 0.243. The van der Waals surface area contributed by atoms with Gasteiger partial charge in [0.2, 0.25) is 12.5 Å². The first-order chi connectivity index (χ1) is 23.8. The molecule has 0 bridgehead atoms. The van der Waals surface area contributed by atoms with E-state index in [-0.39, 0.29) is 6.79 Å². The van der Waals surface area contributed by atoms with Crippen molar-refractivity contribution in [1.82, 2.24) is 14.5 Å². The first kappa shape index (κ1) is 31.1. The lowest BCUT2D eigenvalue weighted by Crippen LogP contribution is -2.40. The molecule has 0 radical (unpaired) electrons. The van der Waals surface area contributed by atoms with Gasteiger partial charge in [0.15, 0.2) is 35.7 Å². The van der Waals surface area contributed by atoms with E-state index in [9.17, 15) is 8.78 Å². The Kier molecular flexibility index (Phi) is 8.03. The lowest BCUT2D eigenvalue weighted by Gasteiger charge is -2.24. The number of hydrogen-bond acceptors (Lipinski definition) is 6. The molecule has 4 aromatic carbocycles. The second-order valence-electron chi connectivity index (χ2n) is 12.8. The summed E-state index contributed by atoms with van der Waals surface area (Å²) in [7, 11) is 1.64. The van der Waals surface area contributed by atoms with Crippen molar-refractivity contribution in [3.05, 3.63) is 107 Å². The largest absolute Gasteiger partial charge is 0.493 e. The number of aromatic nitrogens is 3. The average molecular weight is 664 g/mol. The smallest absolute Gasteiger partial charge is 0.231 e. The third-order valence-electron chi connectivity index (χ3n) is 9.75. The summed E-state index contributed by atoms with van der Waals surface area (Å²) >= 11 is 0. The van der Waals surface area contributed by atoms with Gasteiger partial charge in [0, 0.05) is 50.3 Å². The number of methoxy groups -OCH3 is 1. The van der Waals surface area contributed by atoms with Crippen LogP contribution in [0.4, 0.5) is 8.78 Å². The third kappa shape index (κ3) is 5.90. The molecular formula is C39H37F2N4O4+. The third-order valence-corrected chi connectivity index (χ3v) is 9.75. The number of nitrogens with zero attached hydrogens (tertiary/aromatic N) is 4. The maximum atomic E-state index is 14.8. The van der Waals surface area contributed by atoms with Gasteiger partial charge in [0.25, 0.3) is 0 Å². The van der Waals surface area contributed by atoms with Crippen LogP contribution in [0.2, 0.25) is 0 Å². The van der Waals surface area contributed by atoms with Crippen molar-refractivity contribution in [3.63, 3.8) is 0 Å². The molecule has 0 unspecified atom stereocenters. The standard InChI is InChI=1S/C39H37F2N4O4/c1-24-14-33-35(15-25(24)2)45(22-42-33)11-10-43(20-28-4-6-29(40)18-32(28)41)12-13-47-39-31-21-44-9-8-27-17-37-38(49-23-48-37)19-30(27)34(44)16-26(31)5-7-36(39)46-3/h4-7,14-19,21-22H,8-13,20,23H2,1-3H3/q+1. The summed E-state index contributed by atoms with van der Waals surface area (Å²) in [4.78, 5) is 6.73. The Morgan fingerprint density at radius 3 is 2.63 bits per heavy atom. The van der Waals surface area contributed by atoms with Crippen molar-refractivity contribution in [1.29, 1.82) is 0 Å². The Morgan fingerprint density at radius 2 is 1.80 bits per heavy atom. The van der Waals surface area contributed by atoms with Gasteiger partial charge < -0.3 is 23.5 Å². The molecule has 0 aliphatic carbocycles. The molecule has 49 heavy (non-hydrogen) atoms. The van der Waals surface area contributed by atoms with Crippen molar-refractivity contribution in [2.75, 3.05) is 33.6 Å². The Bertz CT molecular complexity index is 2230. The average Bonchev–Trinajstić information content (AvgIpc) is 3.72. The van der Waals surface area contributed by atoms with Crippen LogP contribution >= 0.6 is 0 Å². The van der Waals surface area contributed by atoms with E-state index in [0.717, 1.165) is 63.6 Å². The molecule has 0 saturated heterocycles. The summed E-state index contributed by atoms with van der Waals surface area (Å²) in [6.45, 7) is 7.61. The summed E-state index contributed by atoms with van der Waals surface area (Å²) < 4.78 is 56.5. The predicted molar refractivity (Wildman–Crippen MR) is 182 cm³/mol. The van der Waals surface area contributed by atoms with Crippen LogP contribution in [0, 0.1) is 25.5 Å². The van der Waals surface area contributed by atoms with E-state index >= 15 is 0 Å². The van der Waals surface area contributed by atoms with Gasteiger partial charge in [0.1, 0.15) is 18.2 Å². The molecule has 8 rings (SSSR count). The zero-order valence-electron chi connectivity index (χ0n) is 27.8. The van der Waals surface area contributed by atoms with Crippen molar-refractivity contribution < 1.29 is 32.3 Å². The Balaban J connectivity index is 1.06. The van der Waals surface area contributed by atoms with Gasteiger partial charge in [0.05, 0.1) is 35.4 Å². The Morgan fingerprint density at radius 1 is 0.959 bits per heavy atom. The van der Waals surface area contributed by atoms with Crippen molar-refractivity contribution in [2.24, 2.45) is 0 Å². The van der Waals surface area contributed by atoms with Crippen LogP contribution in [0.3, 0.4) is 0 Å². The van der Waals surface area contributed by atoms with Gasteiger partial charge in [-0.2, -0.15) is 4.57 Å². The van der Waals surface area contributed by atoms with E-state index in [0.29, 0.717) is 49.8 Å². The Hall–Kier alpha value is -5.22. The molecule has 0 spiro atoms. The van der Waals surface area contributed by atoms with Gasteiger partial charge in [-0.3, -0.25) is 4.90 Å². The zero-order valence-corrected chi connectivity index (χ0v) is 27.8. The molecule has 0 fully saturated rings. The van der Waals surface area contributed by atoms with E-state index < -0.39 is 11.6 Å². The second-order valence-corrected chi connectivity index (χ2v) is 12.8. The SMILES string of the molecule is COc1ccc2cc3[n+](cc2c1OCCN(CCn1cnc2cc(C)c(C)cc21)Cc1ccc(F)cc1F)CCc1cc2c(cc1-3)OCO2. The van der Waals surface area contributed by atoms with Crippen LogP contribution in [-0.2, 0) is 26.1 Å². The highest BCUT2D eigenvalue weighted by atomic mass is 19.1. The molecule has 250 valence electrons. The molecule has 10 heteroatoms. The highest BCUT2D eigenvalue weighted by Crippen LogP contribution is 2.41. The van der Waals surface area contributed by atoms with Crippen LogP contribution < -0.4 is 23.5 Å². The van der Waals surface area contributed by atoms with Crippen LogP contribution in [0.1, 0.15) is 22.3 Å². The van der Waals surface area contributed by atoms with Crippen LogP contribution in [0.25, 0.3) is 33.1 Å². The van der Waals surface area contributed by atoms with Crippen molar-refractivity contribution in [2.45, 2.75) is 39.9 Å². The fourth-order valence-electron chi connectivity index (χ4n) is 6.88. The normalized spacial score (nSPS) is 13.3. The molecule has 0 N–H and O–H groups in total. The number of rotatable bonds is 10. The molecular weight excluding hydrogens is 626 g/mol. The summed E-state index contributed by atoms with van der Waals surface area (Å²) in [5, 5.41) is 1.97. The number of benzene rings is 4. The van der Waals surface area contributed by atoms with E-state index in [2.05, 4.69) is 69.4 Å². The molecule has 0 saturated carbocycles. The minimum Gasteiger partial charge on any atom is -0.493 e. The number of aryl methyl sites for hydroxylation is 4. The molecule has 0 atom stereocenters. The van der Waals surface area contributed by atoms with Crippen LogP contribution in [0.5, 0.6) is 23.0 Å². The number of hydrogen-bond donors (Lipinski definition) is 0. The summed E-state index contributed by atoms with van der Waals surface area (Å²) in [6.07, 6.45) is 4.85. The lowest BCUT2D eigenvalue weighted by molar-refractivity contribution is -0.686. The van der Waals surface area contributed by atoms with Gasteiger partial charge >= 0.3 is 0 Å². The number of pyridine rings is 1.